The van der Waals surface area contributed by atoms with Crippen molar-refractivity contribution in [1.29, 1.82) is 0 Å². The molecule has 3 rings (SSSR count). The number of H-pyrrole nitrogens is 1. The molecule has 0 aliphatic heterocycles. The van der Waals surface area contributed by atoms with Gasteiger partial charge in [-0.2, -0.15) is 9.49 Å². The van der Waals surface area contributed by atoms with E-state index in [4.69, 9.17) is 0 Å². The molecule has 3 aromatic rings. The van der Waals surface area contributed by atoms with E-state index in [0.29, 0.717) is 18.1 Å². The molecule has 0 spiro atoms. The van der Waals surface area contributed by atoms with Crippen LogP contribution in [0.2, 0.25) is 0 Å². The van der Waals surface area contributed by atoms with Gasteiger partial charge in [0, 0.05) is 18.7 Å². The van der Waals surface area contributed by atoms with E-state index in [1.165, 1.54) is 18.3 Å². The van der Waals surface area contributed by atoms with Gasteiger partial charge in [0.2, 0.25) is 5.95 Å². The number of halogens is 4. The van der Waals surface area contributed by atoms with Crippen molar-refractivity contribution >= 4 is 11.0 Å². The average Bonchev–Trinajstić information content (AvgIpc) is 2.79. The number of rotatable bonds is 2. The maximum Gasteiger partial charge on any atom is 0.273 e. The first-order chi connectivity index (χ1) is 9.86. The molecular formula is C14H9F4N3. The molecule has 2 heterocycles. The zero-order chi connectivity index (χ0) is 15.2. The summed E-state index contributed by atoms with van der Waals surface area (Å²) in [4.78, 5) is 3.88. The number of hydrogen-bond acceptors (Lipinski definition) is 2. The van der Waals surface area contributed by atoms with Crippen LogP contribution in [-0.2, 0) is 5.92 Å². The Morgan fingerprint density at radius 2 is 1.86 bits per heavy atom. The zero-order valence-electron chi connectivity index (χ0n) is 10.8. The van der Waals surface area contributed by atoms with E-state index in [1.54, 1.807) is 0 Å². The molecule has 0 amide bonds. The van der Waals surface area contributed by atoms with Crippen LogP contribution in [0.25, 0.3) is 22.2 Å². The van der Waals surface area contributed by atoms with Crippen LogP contribution in [0.3, 0.4) is 0 Å². The van der Waals surface area contributed by atoms with Gasteiger partial charge in [-0.05, 0) is 23.8 Å². The fourth-order valence-electron chi connectivity index (χ4n) is 2.07. The molecule has 1 aromatic carbocycles. The molecule has 0 fully saturated rings. The molecule has 1 N–H and O–H groups in total. The highest BCUT2D eigenvalue weighted by molar-refractivity contribution is 5.80. The number of alkyl halides is 2. The smallest absolute Gasteiger partial charge is 0.251 e. The number of benzene rings is 1. The lowest BCUT2D eigenvalue weighted by molar-refractivity contribution is 0.0138. The molecule has 0 aliphatic rings. The third-order valence-electron chi connectivity index (χ3n) is 3.12. The van der Waals surface area contributed by atoms with E-state index in [1.807, 2.05) is 0 Å². The summed E-state index contributed by atoms with van der Waals surface area (Å²) in [6.07, 6.45) is 1.33. The molecule has 0 saturated heterocycles. The summed E-state index contributed by atoms with van der Waals surface area (Å²) < 4.78 is 53.4. The van der Waals surface area contributed by atoms with E-state index in [-0.39, 0.29) is 11.0 Å². The molecule has 21 heavy (non-hydrogen) atoms. The summed E-state index contributed by atoms with van der Waals surface area (Å²) in [7, 11) is 0. The third-order valence-corrected chi connectivity index (χ3v) is 3.12. The van der Waals surface area contributed by atoms with Crippen LogP contribution in [0.5, 0.6) is 0 Å². The highest BCUT2D eigenvalue weighted by Gasteiger charge is 2.28. The topological polar surface area (TPSA) is 41.6 Å². The Hall–Kier alpha value is -2.44. The van der Waals surface area contributed by atoms with Gasteiger partial charge >= 0.3 is 0 Å². The van der Waals surface area contributed by atoms with Crippen molar-refractivity contribution < 1.29 is 17.6 Å². The Labute approximate surface area is 116 Å². The minimum atomic E-state index is -3.30. The molecular weight excluding hydrogens is 286 g/mol. The first-order valence-electron chi connectivity index (χ1n) is 6.04. The molecule has 2 aromatic heterocycles. The maximum absolute atomic E-state index is 13.5. The van der Waals surface area contributed by atoms with Crippen molar-refractivity contribution in [2.75, 3.05) is 0 Å². The Bertz CT molecular complexity index is 821. The molecule has 0 aliphatic carbocycles. The van der Waals surface area contributed by atoms with Gasteiger partial charge in [0.1, 0.15) is 16.9 Å². The van der Waals surface area contributed by atoms with Crippen LogP contribution in [0.15, 0.2) is 30.5 Å². The fraction of sp³-hybridized carbons (Fsp3) is 0.143. The summed E-state index contributed by atoms with van der Waals surface area (Å²) in [5.41, 5.74) is 0.416. The summed E-state index contributed by atoms with van der Waals surface area (Å²) in [5.74, 6) is -4.95. The van der Waals surface area contributed by atoms with Crippen LogP contribution in [0.4, 0.5) is 17.6 Å². The van der Waals surface area contributed by atoms with Gasteiger partial charge in [-0.1, -0.05) is 6.07 Å². The first kappa shape index (κ1) is 13.5. The van der Waals surface area contributed by atoms with E-state index in [0.717, 1.165) is 12.1 Å². The van der Waals surface area contributed by atoms with Crippen molar-refractivity contribution in [2.45, 2.75) is 12.8 Å². The Kier molecular flexibility index (Phi) is 2.93. The molecule has 7 heteroatoms. The van der Waals surface area contributed by atoms with Gasteiger partial charge < -0.3 is 0 Å². The van der Waals surface area contributed by atoms with Gasteiger partial charge in [-0.25, -0.2) is 18.2 Å². The molecule has 108 valence electrons. The average molecular weight is 295 g/mol. The van der Waals surface area contributed by atoms with Gasteiger partial charge in [0.15, 0.2) is 0 Å². The van der Waals surface area contributed by atoms with E-state index < -0.39 is 23.3 Å². The van der Waals surface area contributed by atoms with Gasteiger partial charge in [0.25, 0.3) is 5.92 Å². The van der Waals surface area contributed by atoms with Crippen molar-refractivity contribution in [3.8, 4) is 11.1 Å². The lowest BCUT2D eigenvalue weighted by Crippen LogP contribution is -2.09. The van der Waals surface area contributed by atoms with Crippen molar-refractivity contribution in [1.82, 2.24) is 15.2 Å². The summed E-state index contributed by atoms with van der Waals surface area (Å²) in [6.45, 7) is 0.625. The quantitative estimate of drug-likeness (QED) is 0.726. The normalized spacial score (nSPS) is 12.0. The standard InChI is InChI=1S/C14H9F4N3/c1-14(17,18)9-4-7(2-3-10(9)15)8-5-11-12(19-6-8)13(16)21-20-11/h2-6H,1H3,(H,20,21). The van der Waals surface area contributed by atoms with E-state index in [9.17, 15) is 17.6 Å². The summed E-state index contributed by atoms with van der Waals surface area (Å²) in [6, 6.07) is 4.88. The van der Waals surface area contributed by atoms with Crippen molar-refractivity contribution in [3.63, 3.8) is 0 Å². The first-order valence-corrected chi connectivity index (χ1v) is 6.04. The Balaban J connectivity index is 2.14. The van der Waals surface area contributed by atoms with Crippen LogP contribution in [0.1, 0.15) is 12.5 Å². The number of pyridine rings is 1. The van der Waals surface area contributed by atoms with E-state index >= 15 is 0 Å². The SMILES string of the molecule is CC(F)(F)c1cc(-c2cnc3c(F)[nH]nc3c2)ccc1F. The molecule has 0 unspecified atom stereocenters. The number of nitrogens with zero attached hydrogens (tertiary/aromatic N) is 2. The fourth-order valence-corrected chi connectivity index (χ4v) is 2.07. The largest absolute Gasteiger partial charge is 0.273 e. The summed E-state index contributed by atoms with van der Waals surface area (Å²) in [5, 5.41) is 5.85. The van der Waals surface area contributed by atoms with Gasteiger partial charge in [-0.15, -0.1) is 0 Å². The number of aromatic amines is 1. The maximum atomic E-state index is 13.5. The highest BCUT2D eigenvalue weighted by Crippen LogP contribution is 2.33. The number of aromatic nitrogens is 3. The van der Waals surface area contributed by atoms with Gasteiger partial charge in [-0.3, -0.25) is 5.10 Å². The number of nitrogens with one attached hydrogen (secondary N) is 1. The monoisotopic (exact) mass is 295 g/mol. The van der Waals surface area contributed by atoms with E-state index in [2.05, 4.69) is 15.2 Å². The lowest BCUT2D eigenvalue weighted by atomic mass is 10.0. The second-order valence-electron chi connectivity index (χ2n) is 4.71. The molecule has 3 nitrogen and oxygen atoms in total. The van der Waals surface area contributed by atoms with Crippen LogP contribution in [-0.4, -0.2) is 15.2 Å². The lowest BCUT2D eigenvalue weighted by Gasteiger charge is -2.13. The molecule has 0 saturated carbocycles. The molecule has 0 atom stereocenters. The predicted molar refractivity (Wildman–Crippen MR) is 68.8 cm³/mol. The molecule has 0 radical (unpaired) electrons. The van der Waals surface area contributed by atoms with Crippen LogP contribution in [0, 0.1) is 11.8 Å². The molecule has 0 bridgehead atoms. The number of hydrogen-bond donors (Lipinski definition) is 1. The highest BCUT2D eigenvalue weighted by atomic mass is 19.3. The second kappa shape index (κ2) is 4.54. The second-order valence-corrected chi connectivity index (χ2v) is 4.71. The van der Waals surface area contributed by atoms with Crippen molar-refractivity contribution in [2.24, 2.45) is 0 Å². The summed E-state index contributed by atoms with van der Waals surface area (Å²) >= 11 is 0. The minimum Gasteiger partial charge on any atom is -0.251 e. The Morgan fingerprint density at radius 3 is 2.57 bits per heavy atom. The van der Waals surface area contributed by atoms with Crippen LogP contribution < -0.4 is 0 Å². The third kappa shape index (κ3) is 2.35. The predicted octanol–water partition coefficient (Wildman–Crippen LogP) is 4.01. The van der Waals surface area contributed by atoms with Crippen LogP contribution >= 0.6 is 0 Å². The zero-order valence-corrected chi connectivity index (χ0v) is 10.8. The number of fused-ring (bicyclic) bond motifs is 1. The minimum absolute atomic E-state index is 0.0573. The Morgan fingerprint density at radius 1 is 1.10 bits per heavy atom. The van der Waals surface area contributed by atoms with Gasteiger partial charge in [0.05, 0.1) is 5.56 Å². The van der Waals surface area contributed by atoms with Crippen molar-refractivity contribution in [3.05, 3.63) is 47.8 Å².